The minimum Gasteiger partial charge on any atom is -0.402 e. The van der Waals surface area contributed by atoms with E-state index in [1.807, 2.05) is 0 Å². The Labute approximate surface area is 83.4 Å². The molecule has 0 bridgehead atoms. The first kappa shape index (κ1) is 12.5. The zero-order valence-electron chi connectivity index (χ0n) is 9.64. The smallest absolute Gasteiger partial charge is 0.00417 e. The van der Waals surface area contributed by atoms with Gasteiger partial charge in [-0.05, 0) is 18.3 Å². The molecule has 0 saturated carbocycles. The molecule has 1 nitrogen and oxygen atoms in total. The van der Waals surface area contributed by atoms with E-state index in [0.29, 0.717) is 11.8 Å². The summed E-state index contributed by atoms with van der Waals surface area (Å²) in [7, 11) is 0. The maximum atomic E-state index is 5.79. The van der Waals surface area contributed by atoms with Crippen LogP contribution < -0.4 is 5.73 Å². The van der Waals surface area contributed by atoms with E-state index in [1.165, 1.54) is 19.3 Å². The van der Waals surface area contributed by atoms with E-state index in [2.05, 4.69) is 34.3 Å². The molecule has 0 aromatic carbocycles. The van der Waals surface area contributed by atoms with E-state index in [1.54, 1.807) is 0 Å². The van der Waals surface area contributed by atoms with Crippen molar-refractivity contribution >= 4 is 0 Å². The Morgan fingerprint density at radius 1 is 1.31 bits per heavy atom. The van der Waals surface area contributed by atoms with Gasteiger partial charge in [0, 0.05) is 11.6 Å². The van der Waals surface area contributed by atoms with Crippen LogP contribution in [-0.4, -0.2) is 0 Å². The van der Waals surface area contributed by atoms with Crippen LogP contribution in [0.2, 0.25) is 0 Å². The van der Waals surface area contributed by atoms with Gasteiger partial charge in [-0.25, -0.2) is 0 Å². The highest BCUT2D eigenvalue weighted by Gasteiger charge is 2.17. The van der Waals surface area contributed by atoms with Crippen LogP contribution in [0.3, 0.4) is 0 Å². The Kier molecular flexibility index (Phi) is 5.85. The molecule has 0 aromatic heterocycles. The fraction of sp³-hybridized carbons (Fsp3) is 0.833. The van der Waals surface area contributed by atoms with Crippen LogP contribution in [0.4, 0.5) is 0 Å². The van der Waals surface area contributed by atoms with Gasteiger partial charge in [0.1, 0.15) is 0 Å². The number of nitrogens with two attached hydrogens (primary N) is 1. The van der Waals surface area contributed by atoms with E-state index in [9.17, 15) is 0 Å². The molecule has 0 aliphatic carbocycles. The molecule has 0 radical (unpaired) electrons. The first-order valence-electron chi connectivity index (χ1n) is 5.43. The molecule has 0 aromatic rings. The van der Waals surface area contributed by atoms with Crippen molar-refractivity contribution in [2.24, 2.45) is 23.5 Å². The molecule has 0 fully saturated rings. The quantitative estimate of drug-likeness (QED) is 0.669. The molecular weight excluding hydrogens is 158 g/mol. The van der Waals surface area contributed by atoms with Crippen molar-refractivity contribution in [3.05, 3.63) is 12.3 Å². The normalized spacial score (nSPS) is 15.8. The summed E-state index contributed by atoms with van der Waals surface area (Å²) in [5.41, 5.74) is 6.65. The summed E-state index contributed by atoms with van der Waals surface area (Å²) in [6.45, 7) is 12.9. The fourth-order valence-electron chi connectivity index (χ4n) is 1.90. The van der Waals surface area contributed by atoms with Gasteiger partial charge >= 0.3 is 0 Å². The third-order valence-corrected chi connectivity index (χ3v) is 2.72. The monoisotopic (exact) mass is 183 g/mol. The summed E-state index contributed by atoms with van der Waals surface area (Å²) >= 11 is 0. The van der Waals surface area contributed by atoms with E-state index < -0.39 is 0 Å². The van der Waals surface area contributed by atoms with Gasteiger partial charge in [-0.15, -0.1) is 0 Å². The molecule has 2 atom stereocenters. The average Bonchev–Trinajstić information content (AvgIpc) is 1.99. The second-order valence-corrected chi connectivity index (χ2v) is 4.55. The minimum absolute atomic E-state index is 0.501. The molecule has 0 saturated heterocycles. The Bertz CT molecular complexity index is 149. The molecule has 78 valence electrons. The molecule has 13 heavy (non-hydrogen) atoms. The highest BCUT2D eigenvalue weighted by atomic mass is 14.6. The van der Waals surface area contributed by atoms with Crippen molar-refractivity contribution in [1.29, 1.82) is 0 Å². The maximum Gasteiger partial charge on any atom is 0.00417 e. The van der Waals surface area contributed by atoms with E-state index in [4.69, 9.17) is 5.73 Å². The molecule has 0 aliphatic rings. The third kappa shape index (κ3) is 4.97. The van der Waals surface area contributed by atoms with Gasteiger partial charge in [0.15, 0.2) is 0 Å². The molecule has 2 N–H and O–H groups in total. The summed E-state index contributed by atoms with van der Waals surface area (Å²) in [5.74, 6) is 1.90. The van der Waals surface area contributed by atoms with Crippen LogP contribution in [-0.2, 0) is 0 Å². The second kappa shape index (κ2) is 6.06. The molecule has 0 aliphatic heterocycles. The van der Waals surface area contributed by atoms with Crippen LogP contribution in [0.5, 0.6) is 0 Å². The second-order valence-electron chi connectivity index (χ2n) is 4.55. The molecule has 0 spiro atoms. The lowest BCUT2D eigenvalue weighted by atomic mass is 9.84. The van der Waals surface area contributed by atoms with Crippen molar-refractivity contribution in [2.75, 3.05) is 0 Å². The first-order valence-corrected chi connectivity index (χ1v) is 5.43. The summed E-state index contributed by atoms with van der Waals surface area (Å²) in [6, 6.07) is 0. The number of allylic oxidation sites excluding steroid dienone is 1. The SMILES string of the molecule is C=C(N)C(C[C@H](C)CCC)C(C)C. The topological polar surface area (TPSA) is 26.0 Å². The van der Waals surface area contributed by atoms with Crippen LogP contribution in [0.25, 0.3) is 0 Å². The van der Waals surface area contributed by atoms with Gasteiger partial charge in [-0.3, -0.25) is 0 Å². The van der Waals surface area contributed by atoms with Crippen LogP contribution in [0.15, 0.2) is 12.3 Å². The summed E-state index contributed by atoms with van der Waals surface area (Å²) in [5, 5.41) is 0. The average molecular weight is 183 g/mol. The molecule has 0 amide bonds. The lowest BCUT2D eigenvalue weighted by Gasteiger charge is -2.24. The highest BCUT2D eigenvalue weighted by Crippen LogP contribution is 2.26. The Morgan fingerprint density at radius 2 is 1.85 bits per heavy atom. The zero-order chi connectivity index (χ0) is 10.4. The molecule has 0 rings (SSSR count). The van der Waals surface area contributed by atoms with Crippen LogP contribution in [0, 0.1) is 17.8 Å². The highest BCUT2D eigenvalue weighted by molar-refractivity contribution is 4.96. The molecular formula is C12H25N. The van der Waals surface area contributed by atoms with Gasteiger partial charge in [-0.2, -0.15) is 0 Å². The zero-order valence-corrected chi connectivity index (χ0v) is 9.64. The van der Waals surface area contributed by atoms with Crippen molar-refractivity contribution in [3.8, 4) is 0 Å². The van der Waals surface area contributed by atoms with Crippen LogP contribution in [0.1, 0.15) is 47.0 Å². The third-order valence-electron chi connectivity index (χ3n) is 2.72. The number of rotatable bonds is 6. The van der Waals surface area contributed by atoms with Crippen molar-refractivity contribution in [2.45, 2.75) is 47.0 Å². The molecule has 1 unspecified atom stereocenters. The maximum absolute atomic E-state index is 5.79. The van der Waals surface area contributed by atoms with Gasteiger partial charge in [0.2, 0.25) is 0 Å². The summed E-state index contributed by atoms with van der Waals surface area (Å²) in [6.07, 6.45) is 3.76. The van der Waals surface area contributed by atoms with Crippen molar-refractivity contribution in [3.63, 3.8) is 0 Å². The van der Waals surface area contributed by atoms with Gasteiger partial charge < -0.3 is 5.73 Å². The van der Waals surface area contributed by atoms with Crippen LogP contribution >= 0.6 is 0 Å². The van der Waals surface area contributed by atoms with E-state index in [0.717, 1.165) is 11.6 Å². The van der Waals surface area contributed by atoms with Gasteiger partial charge in [0.25, 0.3) is 0 Å². The summed E-state index contributed by atoms with van der Waals surface area (Å²) < 4.78 is 0. The Morgan fingerprint density at radius 3 is 2.15 bits per heavy atom. The fourth-order valence-corrected chi connectivity index (χ4v) is 1.90. The van der Waals surface area contributed by atoms with E-state index >= 15 is 0 Å². The minimum atomic E-state index is 0.501. The lowest BCUT2D eigenvalue weighted by Crippen LogP contribution is -2.19. The Balaban J connectivity index is 4.02. The van der Waals surface area contributed by atoms with Crippen molar-refractivity contribution in [1.82, 2.24) is 0 Å². The standard InChI is InChI=1S/C12H25N/c1-6-7-10(4)8-12(9(2)3)11(5)13/h9-10,12H,5-8,13H2,1-4H3/t10-,12?/m1/s1. The predicted molar refractivity (Wildman–Crippen MR) is 60.3 cm³/mol. The van der Waals surface area contributed by atoms with Crippen molar-refractivity contribution < 1.29 is 0 Å². The molecule has 0 heterocycles. The molecule has 1 heteroatoms. The Hall–Kier alpha value is -0.460. The van der Waals surface area contributed by atoms with Gasteiger partial charge in [0.05, 0.1) is 0 Å². The van der Waals surface area contributed by atoms with E-state index in [-0.39, 0.29) is 0 Å². The first-order chi connectivity index (χ1) is 5.99. The predicted octanol–water partition coefficient (Wildman–Crippen LogP) is 3.56. The van der Waals surface area contributed by atoms with Gasteiger partial charge in [-0.1, -0.05) is 47.1 Å². The largest absolute Gasteiger partial charge is 0.402 e. The summed E-state index contributed by atoms with van der Waals surface area (Å²) in [4.78, 5) is 0. The lowest BCUT2D eigenvalue weighted by molar-refractivity contribution is 0.335. The number of hydrogen-bond donors (Lipinski definition) is 1. The number of hydrogen-bond acceptors (Lipinski definition) is 1.